The van der Waals surface area contributed by atoms with Crippen LogP contribution in [-0.4, -0.2) is 42.3 Å². The zero-order valence-corrected chi connectivity index (χ0v) is 8.08. The van der Waals surface area contributed by atoms with E-state index >= 15 is 0 Å². The summed E-state index contributed by atoms with van der Waals surface area (Å²) in [7, 11) is 0. The van der Waals surface area contributed by atoms with Gasteiger partial charge in [0.05, 0.1) is 6.04 Å². The summed E-state index contributed by atoms with van der Waals surface area (Å²) >= 11 is 0. The lowest BCUT2D eigenvalue weighted by molar-refractivity contribution is -0.128. The van der Waals surface area contributed by atoms with Crippen molar-refractivity contribution in [2.75, 3.05) is 19.6 Å². The molecule has 1 aliphatic heterocycles. The Balaban J connectivity index is 2.78. The molecule has 13 heavy (non-hydrogen) atoms. The largest absolute Gasteiger partial charge is 0.321 e. The van der Waals surface area contributed by atoms with Gasteiger partial charge in [-0.2, -0.15) is 0 Å². The molecule has 0 aromatic carbocycles. The molecule has 1 amide bonds. The van der Waals surface area contributed by atoms with Crippen molar-refractivity contribution in [1.29, 1.82) is 0 Å². The summed E-state index contributed by atoms with van der Waals surface area (Å²) in [6, 6.07) is -0.268. The van der Waals surface area contributed by atoms with Crippen LogP contribution in [0, 0.1) is 0 Å². The van der Waals surface area contributed by atoms with Gasteiger partial charge in [-0.25, -0.2) is 5.43 Å². The summed E-state index contributed by atoms with van der Waals surface area (Å²) in [5, 5.41) is 1.54. The van der Waals surface area contributed by atoms with Gasteiger partial charge in [0.25, 0.3) is 5.91 Å². The zero-order chi connectivity index (χ0) is 9.84. The molecule has 0 aromatic heterocycles. The number of nitrogens with one attached hydrogen (secondary N) is 1. The molecule has 0 radical (unpaired) electrons. The minimum atomic E-state index is -0.268. The summed E-state index contributed by atoms with van der Waals surface area (Å²) in [6.07, 6.45) is 0. The summed E-state index contributed by atoms with van der Waals surface area (Å²) in [5.74, 6) is -0.0944. The number of hydrogen-bond donors (Lipinski definition) is 2. The number of rotatable bonds is 2. The SMILES string of the molecule is CC/N=C1/C(=O)N(CC)NCC1N. The molecule has 1 atom stereocenters. The number of hydrazine groups is 1. The predicted octanol–water partition coefficient (Wildman–Crippen LogP) is -0.859. The molecule has 1 aliphatic rings. The molecule has 1 heterocycles. The van der Waals surface area contributed by atoms with Crippen LogP contribution in [0.1, 0.15) is 13.8 Å². The molecule has 3 N–H and O–H groups in total. The molecule has 0 bridgehead atoms. The predicted molar refractivity (Wildman–Crippen MR) is 51.3 cm³/mol. The van der Waals surface area contributed by atoms with Crippen LogP contribution >= 0.6 is 0 Å². The maximum atomic E-state index is 11.6. The summed E-state index contributed by atoms with van der Waals surface area (Å²) < 4.78 is 0. The van der Waals surface area contributed by atoms with E-state index in [9.17, 15) is 4.79 Å². The first-order valence-electron chi connectivity index (χ1n) is 4.56. The van der Waals surface area contributed by atoms with Gasteiger partial charge in [-0.05, 0) is 13.8 Å². The van der Waals surface area contributed by atoms with E-state index in [0.717, 1.165) is 0 Å². The molecule has 1 saturated heterocycles. The topological polar surface area (TPSA) is 70.7 Å². The van der Waals surface area contributed by atoms with E-state index < -0.39 is 0 Å². The fraction of sp³-hybridized carbons (Fsp3) is 0.750. The molecule has 0 spiro atoms. The van der Waals surface area contributed by atoms with Gasteiger partial charge in [-0.15, -0.1) is 0 Å². The molecule has 5 heteroatoms. The van der Waals surface area contributed by atoms with Crippen molar-refractivity contribution >= 4 is 11.6 Å². The molecule has 1 rings (SSSR count). The van der Waals surface area contributed by atoms with Gasteiger partial charge in [-0.1, -0.05) is 0 Å². The van der Waals surface area contributed by atoms with Gasteiger partial charge in [0.1, 0.15) is 5.71 Å². The lowest BCUT2D eigenvalue weighted by Gasteiger charge is -2.30. The number of carbonyl (C=O) groups is 1. The molecule has 5 nitrogen and oxygen atoms in total. The van der Waals surface area contributed by atoms with Crippen molar-refractivity contribution in [3.8, 4) is 0 Å². The first-order valence-corrected chi connectivity index (χ1v) is 4.56. The van der Waals surface area contributed by atoms with Crippen LogP contribution in [0.2, 0.25) is 0 Å². The van der Waals surface area contributed by atoms with Gasteiger partial charge in [0.15, 0.2) is 0 Å². The molecule has 0 saturated carbocycles. The van der Waals surface area contributed by atoms with Gasteiger partial charge >= 0.3 is 0 Å². The van der Waals surface area contributed by atoms with Gasteiger partial charge < -0.3 is 5.73 Å². The van der Waals surface area contributed by atoms with Crippen molar-refractivity contribution < 1.29 is 4.79 Å². The van der Waals surface area contributed by atoms with Crippen LogP contribution in [0.4, 0.5) is 0 Å². The fourth-order valence-corrected chi connectivity index (χ4v) is 1.28. The Morgan fingerprint density at radius 2 is 2.38 bits per heavy atom. The smallest absolute Gasteiger partial charge is 0.283 e. The molecule has 1 fully saturated rings. The van der Waals surface area contributed by atoms with Gasteiger partial charge in [0, 0.05) is 19.6 Å². The summed E-state index contributed by atoms with van der Waals surface area (Å²) in [4.78, 5) is 15.7. The third-order valence-corrected chi connectivity index (χ3v) is 1.96. The highest BCUT2D eigenvalue weighted by molar-refractivity contribution is 6.41. The van der Waals surface area contributed by atoms with Crippen molar-refractivity contribution in [2.45, 2.75) is 19.9 Å². The van der Waals surface area contributed by atoms with Crippen LogP contribution in [-0.2, 0) is 4.79 Å². The van der Waals surface area contributed by atoms with E-state index in [4.69, 9.17) is 5.73 Å². The van der Waals surface area contributed by atoms with E-state index in [1.807, 2.05) is 13.8 Å². The van der Waals surface area contributed by atoms with Gasteiger partial charge in [-0.3, -0.25) is 14.8 Å². The van der Waals surface area contributed by atoms with E-state index in [0.29, 0.717) is 25.3 Å². The average molecular weight is 184 g/mol. The maximum Gasteiger partial charge on any atom is 0.283 e. The third-order valence-electron chi connectivity index (χ3n) is 1.96. The first kappa shape index (κ1) is 10.1. The molecule has 1 unspecified atom stereocenters. The minimum absolute atomic E-state index is 0.0944. The summed E-state index contributed by atoms with van der Waals surface area (Å²) in [5.41, 5.74) is 9.16. The van der Waals surface area contributed by atoms with E-state index in [-0.39, 0.29) is 11.9 Å². The molecule has 74 valence electrons. The second kappa shape index (κ2) is 4.34. The fourth-order valence-electron chi connectivity index (χ4n) is 1.28. The quantitative estimate of drug-likeness (QED) is 0.586. The second-order valence-electron chi connectivity index (χ2n) is 2.88. The molecular weight excluding hydrogens is 168 g/mol. The number of amides is 1. The third kappa shape index (κ3) is 2.05. The Bertz CT molecular complexity index is 226. The van der Waals surface area contributed by atoms with Crippen LogP contribution in [0.25, 0.3) is 0 Å². The number of nitrogens with two attached hydrogens (primary N) is 1. The van der Waals surface area contributed by atoms with E-state index in [2.05, 4.69) is 10.4 Å². The Hall–Kier alpha value is -0.940. The van der Waals surface area contributed by atoms with E-state index in [1.165, 1.54) is 5.01 Å². The number of hydrogen-bond acceptors (Lipinski definition) is 4. The van der Waals surface area contributed by atoms with Crippen LogP contribution in [0.3, 0.4) is 0 Å². The highest BCUT2D eigenvalue weighted by Gasteiger charge is 2.28. The Morgan fingerprint density at radius 1 is 1.69 bits per heavy atom. The minimum Gasteiger partial charge on any atom is -0.321 e. The Kier molecular flexibility index (Phi) is 3.39. The second-order valence-corrected chi connectivity index (χ2v) is 2.88. The van der Waals surface area contributed by atoms with Gasteiger partial charge in [0.2, 0.25) is 0 Å². The molecular formula is C8H16N4O. The lowest BCUT2D eigenvalue weighted by atomic mass is 10.1. The van der Waals surface area contributed by atoms with Crippen molar-refractivity contribution in [3.05, 3.63) is 0 Å². The molecule has 0 aromatic rings. The normalized spacial score (nSPS) is 27.0. The standard InChI is InChI=1S/C8H16N4O/c1-3-10-7-6(9)5-11-12(4-2)8(7)13/h6,11H,3-5,9H2,1-2H3/b10-7+. The highest BCUT2D eigenvalue weighted by atomic mass is 16.2. The van der Waals surface area contributed by atoms with Crippen molar-refractivity contribution in [2.24, 2.45) is 10.7 Å². The molecule has 0 aliphatic carbocycles. The Labute approximate surface area is 78.0 Å². The first-order chi connectivity index (χ1) is 6.20. The van der Waals surface area contributed by atoms with Crippen LogP contribution < -0.4 is 11.2 Å². The van der Waals surface area contributed by atoms with Crippen LogP contribution in [0.5, 0.6) is 0 Å². The van der Waals surface area contributed by atoms with Crippen molar-refractivity contribution in [3.63, 3.8) is 0 Å². The maximum absolute atomic E-state index is 11.6. The Morgan fingerprint density at radius 3 is 2.92 bits per heavy atom. The lowest BCUT2D eigenvalue weighted by Crippen LogP contribution is -2.60. The van der Waals surface area contributed by atoms with Crippen molar-refractivity contribution in [1.82, 2.24) is 10.4 Å². The van der Waals surface area contributed by atoms with Crippen LogP contribution in [0.15, 0.2) is 4.99 Å². The zero-order valence-electron chi connectivity index (χ0n) is 8.08. The monoisotopic (exact) mass is 184 g/mol. The number of carbonyl (C=O) groups excluding carboxylic acids is 1. The average Bonchev–Trinajstić information content (AvgIpc) is 2.12. The van der Waals surface area contributed by atoms with E-state index in [1.54, 1.807) is 0 Å². The highest BCUT2D eigenvalue weighted by Crippen LogP contribution is 1.99. The number of nitrogens with zero attached hydrogens (tertiary/aromatic N) is 2. The number of aliphatic imine (C=N–C) groups is 1. The summed E-state index contributed by atoms with van der Waals surface area (Å²) in [6.45, 7) is 5.62.